The van der Waals surface area contributed by atoms with Crippen molar-refractivity contribution in [1.29, 1.82) is 0 Å². The summed E-state index contributed by atoms with van der Waals surface area (Å²) in [4.78, 5) is 14.8. The zero-order valence-corrected chi connectivity index (χ0v) is 17.4. The molecule has 3 heterocycles. The lowest BCUT2D eigenvalue weighted by molar-refractivity contribution is -0.125. The van der Waals surface area contributed by atoms with E-state index in [2.05, 4.69) is 52.5 Å². The van der Waals surface area contributed by atoms with Crippen LogP contribution in [0.15, 0.2) is 30.3 Å². The first-order valence-electron chi connectivity index (χ1n) is 10.7. The number of hydrogen-bond acceptors (Lipinski definition) is 5. The lowest BCUT2D eigenvalue weighted by Gasteiger charge is -2.32. The average molecular weight is 395 g/mol. The lowest BCUT2D eigenvalue weighted by atomic mass is 9.97. The number of nitrogens with zero attached hydrogens (tertiary/aromatic N) is 3. The molecule has 1 N–H and O–H groups in total. The zero-order chi connectivity index (χ0) is 20.2. The summed E-state index contributed by atoms with van der Waals surface area (Å²) < 4.78 is 5.60. The third-order valence-corrected chi connectivity index (χ3v) is 6.10. The molecule has 154 valence electrons. The summed E-state index contributed by atoms with van der Waals surface area (Å²) in [6.07, 6.45) is 4.22. The van der Waals surface area contributed by atoms with Gasteiger partial charge in [0.1, 0.15) is 0 Å². The number of ether oxygens (including phenoxy) is 1. The Bertz CT molecular complexity index is 846. The van der Waals surface area contributed by atoms with Gasteiger partial charge in [0.25, 0.3) is 0 Å². The van der Waals surface area contributed by atoms with E-state index in [-0.39, 0.29) is 17.9 Å². The highest BCUT2D eigenvalue weighted by atomic mass is 16.5. The van der Waals surface area contributed by atoms with Crippen LogP contribution in [-0.4, -0.2) is 48.4 Å². The molecule has 0 saturated carbocycles. The molecule has 2 fully saturated rings. The molecule has 2 unspecified atom stereocenters. The summed E-state index contributed by atoms with van der Waals surface area (Å²) in [5, 5.41) is 12.0. The lowest BCUT2D eigenvalue weighted by Crippen LogP contribution is -2.45. The maximum absolute atomic E-state index is 12.6. The van der Waals surface area contributed by atoms with Crippen LogP contribution in [0.3, 0.4) is 0 Å². The van der Waals surface area contributed by atoms with Crippen molar-refractivity contribution >= 4 is 11.7 Å². The van der Waals surface area contributed by atoms with Crippen LogP contribution in [0.25, 0.3) is 11.3 Å². The molecule has 1 aromatic heterocycles. The number of amides is 1. The fourth-order valence-electron chi connectivity index (χ4n) is 4.11. The molecule has 2 atom stereocenters. The van der Waals surface area contributed by atoms with Crippen LogP contribution in [0.1, 0.15) is 36.8 Å². The van der Waals surface area contributed by atoms with E-state index in [1.54, 1.807) is 0 Å². The number of hydrogen-bond donors (Lipinski definition) is 1. The number of rotatable bonds is 5. The van der Waals surface area contributed by atoms with Crippen molar-refractivity contribution in [3.05, 3.63) is 41.5 Å². The Morgan fingerprint density at radius 1 is 1.14 bits per heavy atom. The van der Waals surface area contributed by atoms with Gasteiger partial charge < -0.3 is 15.0 Å². The van der Waals surface area contributed by atoms with Gasteiger partial charge in [0.15, 0.2) is 5.82 Å². The molecule has 0 spiro atoms. The third kappa shape index (κ3) is 4.75. The number of nitrogens with one attached hydrogen (secondary N) is 1. The molecular formula is C23H30N4O2. The maximum Gasteiger partial charge on any atom is 0.224 e. The van der Waals surface area contributed by atoms with Gasteiger partial charge in [0, 0.05) is 31.8 Å². The molecule has 4 rings (SSSR count). The molecule has 1 aromatic carbocycles. The average Bonchev–Trinajstić information content (AvgIpc) is 3.28. The number of benzene rings is 1. The van der Waals surface area contributed by atoms with Gasteiger partial charge in [0.2, 0.25) is 5.91 Å². The first-order chi connectivity index (χ1) is 14.1. The molecule has 0 radical (unpaired) electrons. The Kier molecular flexibility index (Phi) is 6.09. The number of aryl methyl sites for hydroxylation is 2. The van der Waals surface area contributed by atoms with E-state index >= 15 is 0 Å². The maximum atomic E-state index is 12.6. The molecule has 2 saturated heterocycles. The highest BCUT2D eigenvalue weighted by Crippen LogP contribution is 2.24. The number of anilines is 1. The molecule has 1 amide bonds. The van der Waals surface area contributed by atoms with Gasteiger partial charge in [-0.15, -0.1) is 10.2 Å². The van der Waals surface area contributed by atoms with E-state index in [1.807, 2.05) is 12.1 Å². The minimum Gasteiger partial charge on any atom is -0.376 e. The van der Waals surface area contributed by atoms with Gasteiger partial charge in [-0.3, -0.25) is 4.79 Å². The Hall–Kier alpha value is -2.47. The fourth-order valence-corrected chi connectivity index (χ4v) is 4.11. The van der Waals surface area contributed by atoms with Gasteiger partial charge in [-0.25, -0.2) is 0 Å². The summed E-state index contributed by atoms with van der Waals surface area (Å²) >= 11 is 0. The van der Waals surface area contributed by atoms with E-state index in [9.17, 15) is 4.79 Å². The summed E-state index contributed by atoms with van der Waals surface area (Å²) in [6.45, 7) is 7.26. The highest BCUT2D eigenvalue weighted by Gasteiger charge is 2.27. The number of carbonyl (C=O) groups excluding carboxylic acids is 1. The van der Waals surface area contributed by atoms with Crippen LogP contribution in [0.2, 0.25) is 0 Å². The SMILES string of the molecule is Cc1ccc(-c2ccc(N3CCCC(C(=O)NCC4CCCO4)C3)nn2)cc1C. The molecule has 0 bridgehead atoms. The summed E-state index contributed by atoms with van der Waals surface area (Å²) in [5.74, 6) is 0.963. The molecule has 29 heavy (non-hydrogen) atoms. The summed E-state index contributed by atoms with van der Waals surface area (Å²) in [7, 11) is 0. The van der Waals surface area contributed by atoms with Crippen molar-refractivity contribution < 1.29 is 9.53 Å². The van der Waals surface area contributed by atoms with Gasteiger partial charge in [0.05, 0.1) is 17.7 Å². The molecule has 2 aliphatic rings. The van der Waals surface area contributed by atoms with Crippen LogP contribution in [0, 0.1) is 19.8 Å². The van der Waals surface area contributed by atoms with Gasteiger partial charge >= 0.3 is 0 Å². The van der Waals surface area contributed by atoms with Crippen LogP contribution in [0.4, 0.5) is 5.82 Å². The predicted molar refractivity (Wildman–Crippen MR) is 114 cm³/mol. The van der Waals surface area contributed by atoms with Crippen molar-refractivity contribution in [1.82, 2.24) is 15.5 Å². The fraction of sp³-hybridized carbons (Fsp3) is 0.522. The largest absolute Gasteiger partial charge is 0.376 e. The van der Waals surface area contributed by atoms with E-state index in [4.69, 9.17) is 4.74 Å². The minimum absolute atomic E-state index is 0.00798. The third-order valence-electron chi connectivity index (χ3n) is 6.10. The van der Waals surface area contributed by atoms with Gasteiger partial charge in [-0.05, 0) is 68.9 Å². The quantitative estimate of drug-likeness (QED) is 0.843. The van der Waals surface area contributed by atoms with E-state index in [0.717, 1.165) is 55.9 Å². The van der Waals surface area contributed by atoms with Crippen molar-refractivity contribution in [3.63, 3.8) is 0 Å². The van der Waals surface area contributed by atoms with Crippen LogP contribution in [0.5, 0.6) is 0 Å². The number of piperidine rings is 1. The van der Waals surface area contributed by atoms with Crippen molar-refractivity contribution in [2.24, 2.45) is 5.92 Å². The monoisotopic (exact) mass is 394 g/mol. The molecule has 2 aliphatic heterocycles. The van der Waals surface area contributed by atoms with E-state index in [1.165, 1.54) is 11.1 Å². The molecule has 2 aromatic rings. The smallest absolute Gasteiger partial charge is 0.224 e. The van der Waals surface area contributed by atoms with Crippen molar-refractivity contribution in [2.75, 3.05) is 31.1 Å². The number of carbonyl (C=O) groups is 1. The Morgan fingerprint density at radius 2 is 2.03 bits per heavy atom. The molecule has 6 nitrogen and oxygen atoms in total. The number of aromatic nitrogens is 2. The molecule has 0 aliphatic carbocycles. The normalized spacial score (nSPS) is 21.9. The second-order valence-electron chi connectivity index (χ2n) is 8.24. The van der Waals surface area contributed by atoms with E-state index < -0.39 is 0 Å². The second-order valence-corrected chi connectivity index (χ2v) is 8.24. The van der Waals surface area contributed by atoms with Gasteiger partial charge in [-0.2, -0.15) is 0 Å². The Balaban J connectivity index is 1.37. The minimum atomic E-state index is -0.00798. The summed E-state index contributed by atoms with van der Waals surface area (Å²) in [5.41, 5.74) is 4.48. The standard InChI is InChI=1S/C23H30N4O2/c1-16-7-8-18(13-17(16)2)21-9-10-22(26-25-21)27-11-3-5-19(15-27)23(28)24-14-20-6-4-12-29-20/h7-10,13,19-20H,3-6,11-12,14-15H2,1-2H3,(H,24,28). The Morgan fingerprint density at radius 3 is 2.76 bits per heavy atom. The van der Waals surface area contributed by atoms with Crippen molar-refractivity contribution in [2.45, 2.75) is 45.6 Å². The first kappa shape index (κ1) is 19.8. The van der Waals surface area contributed by atoms with Crippen LogP contribution < -0.4 is 10.2 Å². The van der Waals surface area contributed by atoms with Crippen LogP contribution in [-0.2, 0) is 9.53 Å². The second kappa shape index (κ2) is 8.91. The van der Waals surface area contributed by atoms with Crippen LogP contribution >= 0.6 is 0 Å². The predicted octanol–water partition coefficient (Wildman–Crippen LogP) is 3.27. The summed E-state index contributed by atoms with van der Waals surface area (Å²) in [6, 6.07) is 10.4. The van der Waals surface area contributed by atoms with Crippen molar-refractivity contribution in [3.8, 4) is 11.3 Å². The topological polar surface area (TPSA) is 67.4 Å². The first-order valence-corrected chi connectivity index (χ1v) is 10.7. The van der Waals surface area contributed by atoms with Gasteiger partial charge in [-0.1, -0.05) is 12.1 Å². The van der Waals surface area contributed by atoms with E-state index in [0.29, 0.717) is 13.1 Å². The highest BCUT2D eigenvalue weighted by molar-refractivity contribution is 5.79. The molecule has 6 heteroatoms. The molecular weight excluding hydrogens is 364 g/mol. The zero-order valence-electron chi connectivity index (χ0n) is 17.4. The Labute approximate surface area is 172 Å².